The molecule has 14 heavy (non-hydrogen) atoms. The van der Waals surface area contributed by atoms with Crippen molar-refractivity contribution >= 4 is 10.9 Å². The van der Waals surface area contributed by atoms with Crippen LogP contribution in [0.15, 0.2) is 0 Å². The number of aliphatic hydroxyl groups is 5. The smallest absolute Gasteiger partial charge is 0.169 e. The first-order chi connectivity index (χ1) is 6.60. The van der Waals surface area contributed by atoms with E-state index in [1.54, 1.807) is 0 Å². The maximum atomic E-state index is 9.47. The van der Waals surface area contributed by atoms with Crippen molar-refractivity contribution in [1.82, 2.24) is 0 Å². The van der Waals surface area contributed by atoms with E-state index in [-0.39, 0.29) is 18.5 Å². The van der Waals surface area contributed by atoms with E-state index in [9.17, 15) is 15.3 Å². The summed E-state index contributed by atoms with van der Waals surface area (Å²) in [7, 11) is -0.415. The number of aliphatic hydroxyl groups excluding tert-OH is 5. The fourth-order valence-corrected chi connectivity index (χ4v) is 4.24. The standard InChI is InChI=1S/C8H17O5S/c9-1-5(11)3-14-4-6(12)8(13)7(14)2-10/h5-13H,1-4H2/q+1/t5-,6+,7+,8-,14?/m0/s1. The van der Waals surface area contributed by atoms with Crippen molar-refractivity contribution in [3.05, 3.63) is 0 Å². The minimum Gasteiger partial charge on any atom is -0.393 e. The van der Waals surface area contributed by atoms with Gasteiger partial charge in [-0.1, -0.05) is 0 Å². The van der Waals surface area contributed by atoms with Crippen LogP contribution in [-0.2, 0) is 10.9 Å². The molecule has 1 unspecified atom stereocenters. The van der Waals surface area contributed by atoms with E-state index < -0.39 is 29.2 Å². The second-order valence-electron chi connectivity index (χ2n) is 3.49. The Kier molecular flexibility index (Phi) is 4.62. The monoisotopic (exact) mass is 225 g/mol. The minimum atomic E-state index is -0.908. The molecule has 0 spiro atoms. The van der Waals surface area contributed by atoms with Crippen LogP contribution < -0.4 is 0 Å². The molecule has 0 aromatic rings. The van der Waals surface area contributed by atoms with Crippen molar-refractivity contribution < 1.29 is 25.5 Å². The molecule has 0 saturated carbocycles. The number of hydrogen-bond donors (Lipinski definition) is 5. The van der Waals surface area contributed by atoms with E-state index in [0.29, 0.717) is 11.5 Å². The minimum absolute atomic E-state index is 0.195. The molecule has 0 aliphatic carbocycles. The molecular weight excluding hydrogens is 208 g/mol. The van der Waals surface area contributed by atoms with E-state index >= 15 is 0 Å². The van der Waals surface area contributed by atoms with Crippen LogP contribution in [-0.4, -0.2) is 73.8 Å². The van der Waals surface area contributed by atoms with E-state index in [2.05, 4.69) is 0 Å². The van der Waals surface area contributed by atoms with Crippen molar-refractivity contribution in [2.75, 3.05) is 24.7 Å². The molecule has 1 fully saturated rings. The molecular formula is C8H17O5S+. The molecule has 84 valence electrons. The predicted octanol–water partition coefficient (Wildman–Crippen LogP) is -2.95. The van der Waals surface area contributed by atoms with Crippen molar-refractivity contribution in [3.63, 3.8) is 0 Å². The van der Waals surface area contributed by atoms with Crippen LogP contribution in [0.2, 0.25) is 0 Å². The lowest BCUT2D eigenvalue weighted by atomic mass is 10.2. The molecule has 5 nitrogen and oxygen atoms in total. The summed E-state index contributed by atoms with van der Waals surface area (Å²) in [6, 6.07) is 0. The fraction of sp³-hybridized carbons (Fsp3) is 1.00. The quantitative estimate of drug-likeness (QED) is 0.329. The van der Waals surface area contributed by atoms with Gasteiger partial charge in [-0.3, -0.25) is 0 Å². The van der Waals surface area contributed by atoms with Crippen LogP contribution in [0.3, 0.4) is 0 Å². The van der Waals surface area contributed by atoms with Gasteiger partial charge in [-0.25, -0.2) is 0 Å². The third kappa shape index (κ3) is 2.59. The van der Waals surface area contributed by atoms with Crippen LogP contribution in [0.4, 0.5) is 0 Å². The lowest BCUT2D eigenvalue weighted by Gasteiger charge is -2.13. The van der Waals surface area contributed by atoms with E-state index in [4.69, 9.17) is 10.2 Å². The summed E-state index contributed by atoms with van der Waals surface area (Å²) in [5, 5.41) is 45.3. The summed E-state index contributed by atoms with van der Waals surface area (Å²) >= 11 is 0. The van der Waals surface area contributed by atoms with E-state index in [0.717, 1.165) is 0 Å². The molecule has 6 heteroatoms. The Balaban J connectivity index is 2.52. The first kappa shape index (κ1) is 12.2. The summed E-state index contributed by atoms with van der Waals surface area (Å²) in [5.74, 6) is 0.722. The van der Waals surface area contributed by atoms with Crippen molar-refractivity contribution in [1.29, 1.82) is 0 Å². The van der Waals surface area contributed by atoms with Gasteiger partial charge in [0.15, 0.2) is 5.25 Å². The average Bonchev–Trinajstić information content (AvgIpc) is 2.42. The SMILES string of the molecule is OC[C@H](O)C[S+]1C[C@@H](O)[C@H](O)[C@H]1CO. The van der Waals surface area contributed by atoms with Crippen LogP contribution >= 0.6 is 0 Å². The Morgan fingerprint density at radius 3 is 2.43 bits per heavy atom. The molecule has 0 bridgehead atoms. The van der Waals surface area contributed by atoms with Gasteiger partial charge in [-0.2, -0.15) is 0 Å². The lowest BCUT2D eigenvalue weighted by Crippen LogP contribution is -2.37. The molecule has 1 saturated heterocycles. The van der Waals surface area contributed by atoms with Gasteiger partial charge in [0.1, 0.15) is 29.8 Å². The number of rotatable bonds is 4. The summed E-state index contributed by atoms with van der Waals surface area (Å²) in [4.78, 5) is 0. The zero-order valence-electron chi connectivity index (χ0n) is 7.78. The van der Waals surface area contributed by atoms with Crippen LogP contribution in [0.1, 0.15) is 0 Å². The molecule has 0 amide bonds. The summed E-state index contributed by atoms with van der Waals surface area (Å²) < 4.78 is 0. The highest BCUT2D eigenvalue weighted by atomic mass is 32.2. The Hall–Kier alpha value is 0.150. The second-order valence-corrected chi connectivity index (χ2v) is 5.83. The topological polar surface area (TPSA) is 101 Å². The van der Waals surface area contributed by atoms with Gasteiger partial charge in [0.25, 0.3) is 0 Å². The van der Waals surface area contributed by atoms with Gasteiger partial charge in [0.2, 0.25) is 0 Å². The van der Waals surface area contributed by atoms with Gasteiger partial charge in [-0.05, 0) is 0 Å². The lowest BCUT2D eigenvalue weighted by molar-refractivity contribution is 0.0325. The average molecular weight is 225 g/mol. The van der Waals surface area contributed by atoms with Crippen molar-refractivity contribution in [2.24, 2.45) is 0 Å². The highest BCUT2D eigenvalue weighted by Crippen LogP contribution is 2.24. The fourth-order valence-electron chi connectivity index (χ4n) is 1.59. The molecule has 0 radical (unpaired) electrons. The summed E-state index contributed by atoms with van der Waals surface area (Å²) in [6.07, 6.45) is -2.56. The maximum Gasteiger partial charge on any atom is 0.169 e. The van der Waals surface area contributed by atoms with Crippen molar-refractivity contribution in [3.8, 4) is 0 Å². The predicted molar refractivity (Wildman–Crippen MR) is 53.1 cm³/mol. The zero-order chi connectivity index (χ0) is 10.7. The van der Waals surface area contributed by atoms with Crippen LogP contribution in [0, 0.1) is 0 Å². The first-order valence-electron chi connectivity index (χ1n) is 4.52. The largest absolute Gasteiger partial charge is 0.393 e. The molecule has 0 aromatic carbocycles. The van der Waals surface area contributed by atoms with Crippen molar-refractivity contribution in [2.45, 2.75) is 23.6 Å². The molecule has 1 aliphatic rings. The van der Waals surface area contributed by atoms with Gasteiger partial charge in [-0.15, -0.1) is 0 Å². The Morgan fingerprint density at radius 2 is 1.93 bits per heavy atom. The highest BCUT2D eigenvalue weighted by molar-refractivity contribution is 7.97. The molecule has 1 aliphatic heterocycles. The molecule has 5 N–H and O–H groups in total. The number of hydrogen-bond acceptors (Lipinski definition) is 5. The Morgan fingerprint density at radius 1 is 1.29 bits per heavy atom. The van der Waals surface area contributed by atoms with E-state index in [1.807, 2.05) is 0 Å². The summed E-state index contributed by atoms with van der Waals surface area (Å²) in [5.41, 5.74) is 0. The van der Waals surface area contributed by atoms with Gasteiger partial charge in [0, 0.05) is 10.9 Å². The van der Waals surface area contributed by atoms with Crippen LogP contribution in [0.25, 0.3) is 0 Å². The highest BCUT2D eigenvalue weighted by Gasteiger charge is 2.49. The van der Waals surface area contributed by atoms with Gasteiger partial charge in [0.05, 0.1) is 13.2 Å². The van der Waals surface area contributed by atoms with Gasteiger partial charge >= 0.3 is 0 Å². The molecule has 1 rings (SSSR count). The van der Waals surface area contributed by atoms with Crippen LogP contribution in [0.5, 0.6) is 0 Å². The van der Waals surface area contributed by atoms with E-state index in [1.165, 1.54) is 0 Å². The zero-order valence-corrected chi connectivity index (χ0v) is 8.60. The second kappa shape index (κ2) is 5.29. The van der Waals surface area contributed by atoms with Gasteiger partial charge < -0.3 is 25.5 Å². The first-order valence-corrected chi connectivity index (χ1v) is 6.15. The third-order valence-electron chi connectivity index (χ3n) is 2.39. The Bertz CT molecular complexity index is 179. The normalized spacial score (nSPS) is 40.1. The molecule has 5 atom stereocenters. The summed E-state index contributed by atoms with van der Waals surface area (Å²) in [6.45, 7) is -0.521. The Labute approximate surface area is 85.4 Å². The molecule has 1 heterocycles. The molecule has 0 aromatic heterocycles. The third-order valence-corrected chi connectivity index (χ3v) is 5.25. The maximum absolute atomic E-state index is 9.47.